The number of rotatable bonds is 3. The van der Waals surface area contributed by atoms with Crippen molar-refractivity contribution < 1.29 is 16.8 Å². The monoisotopic (exact) mass is 436 g/mol. The zero-order valence-corrected chi connectivity index (χ0v) is 17.3. The van der Waals surface area contributed by atoms with Gasteiger partial charge >= 0.3 is 0 Å². The van der Waals surface area contributed by atoms with Crippen molar-refractivity contribution in [3.63, 3.8) is 0 Å². The van der Waals surface area contributed by atoms with Crippen LogP contribution in [0.1, 0.15) is 0 Å². The van der Waals surface area contributed by atoms with Gasteiger partial charge in [0.1, 0.15) is 0 Å². The molecule has 30 heavy (non-hydrogen) atoms. The molecule has 0 saturated heterocycles. The summed E-state index contributed by atoms with van der Waals surface area (Å²) in [6, 6.07) is 21.3. The summed E-state index contributed by atoms with van der Waals surface area (Å²) in [6.45, 7) is 0.0550. The first-order chi connectivity index (χ1) is 14.4. The quantitative estimate of drug-likeness (QED) is 0.491. The predicted octanol–water partition coefficient (Wildman–Crippen LogP) is 3.71. The van der Waals surface area contributed by atoms with E-state index in [4.69, 9.17) is 0 Å². The van der Waals surface area contributed by atoms with Crippen LogP contribution in [0.5, 0.6) is 0 Å². The molecule has 4 aromatic rings. The molecule has 150 valence electrons. The van der Waals surface area contributed by atoms with Gasteiger partial charge in [-0.25, -0.2) is 16.8 Å². The van der Waals surface area contributed by atoms with Crippen molar-refractivity contribution in [2.75, 3.05) is 21.7 Å². The fourth-order valence-corrected chi connectivity index (χ4v) is 7.98. The van der Waals surface area contributed by atoms with Gasteiger partial charge in [0, 0.05) is 10.8 Å². The smallest absolute Gasteiger partial charge is 0.264 e. The fraction of sp³-hybridized carbons (Fsp3) is 0.0909. The maximum Gasteiger partial charge on any atom is 0.265 e. The standard InChI is InChI=1S/C22H16N2O4S2/c25-29(26)19-11-3-7-15-5-1-9-17(21(15)19)23(29)13-14-24-18-10-2-6-16-8-4-12-20(22(16)18)30(24,27)28/h1-12H,13-14H2. The highest BCUT2D eigenvalue weighted by atomic mass is 32.2. The molecule has 2 aliphatic heterocycles. The molecule has 0 atom stereocenters. The maximum atomic E-state index is 13.2. The van der Waals surface area contributed by atoms with E-state index in [1.54, 1.807) is 36.4 Å². The summed E-state index contributed by atoms with van der Waals surface area (Å²) in [4.78, 5) is 0.538. The van der Waals surface area contributed by atoms with Crippen molar-refractivity contribution in [3.05, 3.63) is 72.8 Å². The van der Waals surface area contributed by atoms with Crippen molar-refractivity contribution in [1.82, 2.24) is 0 Å². The van der Waals surface area contributed by atoms with Crippen molar-refractivity contribution in [3.8, 4) is 0 Å². The second-order valence-electron chi connectivity index (χ2n) is 7.42. The molecule has 6 nitrogen and oxygen atoms in total. The first-order valence-corrected chi connectivity index (χ1v) is 12.4. The van der Waals surface area contributed by atoms with E-state index in [9.17, 15) is 16.8 Å². The molecule has 6 rings (SSSR count). The highest BCUT2D eigenvalue weighted by Gasteiger charge is 2.39. The largest absolute Gasteiger partial charge is 0.265 e. The molecular formula is C22H16N2O4S2. The molecule has 0 fully saturated rings. The van der Waals surface area contributed by atoms with Crippen LogP contribution in [-0.2, 0) is 20.0 Å². The second kappa shape index (κ2) is 5.74. The lowest BCUT2D eigenvalue weighted by molar-refractivity contribution is 0.587. The van der Waals surface area contributed by atoms with Gasteiger partial charge in [0.25, 0.3) is 20.0 Å². The van der Waals surface area contributed by atoms with E-state index in [1.807, 2.05) is 36.4 Å². The summed E-state index contributed by atoms with van der Waals surface area (Å²) in [5.74, 6) is 0. The van der Waals surface area contributed by atoms with E-state index in [-0.39, 0.29) is 22.9 Å². The first-order valence-electron chi connectivity index (χ1n) is 9.50. The van der Waals surface area contributed by atoms with Gasteiger partial charge in [-0.1, -0.05) is 48.5 Å². The molecule has 2 heterocycles. The van der Waals surface area contributed by atoms with Crippen LogP contribution in [0.3, 0.4) is 0 Å². The number of hydrogen-bond donors (Lipinski definition) is 0. The zero-order valence-electron chi connectivity index (χ0n) is 15.7. The van der Waals surface area contributed by atoms with Gasteiger partial charge in [0.2, 0.25) is 0 Å². The third-order valence-electron chi connectivity index (χ3n) is 5.87. The van der Waals surface area contributed by atoms with Crippen LogP contribution in [0, 0.1) is 0 Å². The molecule has 0 radical (unpaired) electrons. The summed E-state index contributed by atoms with van der Waals surface area (Å²) in [6.07, 6.45) is 0. The number of nitrogens with zero attached hydrogens (tertiary/aromatic N) is 2. The van der Waals surface area contributed by atoms with Crippen molar-refractivity contribution in [2.24, 2.45) is 0 Å². The zero-order chi connectivity index (χ0) is 20.7. The fourth-order valence-electron chi connectivity index (χ4n) is 4.58. The summed E-state index contributed by atoms with van der Waals surface area (Å²) in [5, 5.41) is 3.08. The van der Waals surface area contributed by atoms with E-state index in [0.717, 1.165) is 10.8 Å². The highest BCUT2D eigenvalue weighted by molar-refractivity contribution is 7.94. The molecule has 0 N–H and O–H groups in total. The number of hydrogen-bond acceptors (Lipinski definition) is 4. The molecule has 8 heteroatoms. The third kappa shape index (κ3) is 2.12. The average molecular weight is 437 g/mol. The van der Waals surface area contributed by atoms with Crippen LogP contribution in [0.15, 0.2) is 82.6 Å². The van der Waals surface area contributed by atoms with Gasteiger partial charge < -0.3 is 0 Å². The first kappa shape index (κ1) is 17.7. The molecule has 0 spiro atoms. The molecule has 0 amide bonds. The minimum Gasteiger partial charge on any atom is -0.264 e. The molecule has 0 aliphatic carbocycles. The van der Waals surface area contributed by atoms with Gasteiger partial charge in [0.05, 0.1) is 34.3 Å². The van der Waals surface area contributed by atoms with Crippen LogP contribution in [-0.4, -0.2) is 29.9 Å². The van der Waals surface area contributed by atoms with Crippen LogP contribution >= 0.6 is 0 Å². The summed E-state index contributed by atoms with van der Waals surface area (Å²) in [7, 11) is -7.47. The Labute approximate surface area is 174 Å². The van der Waals surface area contributed by atoms with Gasteiger partial charge in [-0.15, -0.1) is 0 Å². The van der Waals surface area contributed by atoms with Gasteiger partial charge in [0.15, 0.2) is 0 Å². The molecule has 0 saturated carbocycles. The molecule has 2 aliphatic rings. The van der Waals surface area contributed by atoms with E-state index >= 15 is 0 Å². The second-order valence-corrected chi connectivity index (χ2v) is 11.1. The minimum absolute atomic E-state index is 0.0275. The molecule has 4 aromatic carbocycles. The molecule has 0 aromatic heterocycles. The third-order valence-corrected chi connectivity index (χ3v) is 9.58. The number of anilines is 2. The van der Waals surface area contributed by atoms with Gasteiger partial charge in [-0.3, -0.25) is 8.61 Å². The van der Waals surface area contributed by atoms with Crippen molar-refractivity contribution in [2.45, 2.75) is 9.79 Å². The molecule has 0 unspecified atom stereocenters. The summed E-state index contributed by atoms with van der Waals surface area (Å²) >= 11 is 0. The SMILES string of the molecule is O=S1(=O)c2cccc3cccc(c23)N1CCN1c2cccc3cccc(c23)S1(=O)=O. The van der Waals surface area contributed by atoms with Crippen molar-refractivity contribution >= 4 is 53.0 Å². The lowest BCUT2D eigenvalue weighted by atomic mass is 10.1. The molecule has 0 bridgehead atoms. The number of sulfonamides is 2. The Morgan fingerprint density at radius 3 is 1.30 bits per heavy atom. The maximum absolute atomic E-state index is 13.2. The van der Waals surface area contributed by atoms with E-state index in [0.29, 0.717) is 22.1 Å². The van der Waals surface area contributed by atoms with Crippen LogP contribution in [0.2, 0.25) is 0 Å². The van der Waals surface area contributed by atoms with Gasteiger partial charge in [-0.05, 0) is 35.0 Å². The lowest BCUT2D eigenvalue weighted by Gasteiger charge is -2.24. The Morgan fingerprint density at radius 1 is 0.533 bits per heavy atom. The van der Waals surface area contributed by atoms with Crippen LogP contribution in [0.4, 0.5) is 11.4 Å². The summed E-state index contributed by atoms with van der Waals surface area (Å²) in [5.41, 5.74) is 1.19. The Balaban J connectivity index is 1.43. The lowest BCUT2D eigenvalue weighted by Crippen LogP contribution is -2.38. The van der Waals surface area contributed by atoms with Crippen LogP contribution < -0.4 is 8.61 Å². The molecular weight excluding hydrogens is 420 g/mol. The van der Waals surface area contributed by atoms with Crippen LogP contribution in [0.25, 0.3) is 21.5 Å². The average Bonchev–Trinajstić information content (AvgIpc) is 3.09. The highest BCUT2D eigenvalue weighted by Crippen LogP contribution is 2.44. The number of benzene rings is 4. The Kier molecular flexibility index (Phi) is 3.39. The van der Waals surface area contributed by atoms with E-state index in [2.05, 4.69) is 0 Å². The normalized spacial score (nSPS) is 17.9. The van der Waals surface area contributed by atoms with Gasteiger partial charge in [-0.2, -0.15) is 0 Å². The summed E-state index contributed by atoms with van der Waals surface area (Å²) < 4.78 is 55.4. The van der Waals surface area contributed by atoms with Crippen molar-refractivity contribution in [1.29, 1.82) is 0 Å². The van der Waals surface area contributed by atoms with E-state index < -0.39 is 20.0 Å². The Morgan fingerprint density at radius 2 is 0.900 bits per heavy atom. The van der Waals surface area contributed by atoms with E-state index in [1.165, 1.54) is 8.61 Å². The Bertz CT molecular complexity index is 1460. The Hall–Kier alpha value is -3.10. The minimum atomic E-state index is -3.73. The predicted molar refractivity (Wildman–Crippen MR) is 117 cm³/mol. The topological polar surface area (TPSA) is 74.8 Å².